The third kappa shape index (κ3) is 0.911. The van der Waals surface area contributed by atoms with E-state index >= 15 is 0 Å². The third-order valence-corrected chi connectivity index (χ3v) is 3.19. The molecule has 3 nitrogen and oxygen atoms in total. The van der Waals surface area contributed by atoms with E-state index in [1.807, 2.05) is 0 Å². The summed E-state index contributed by atoms with van der Waals surface area (Å²) < 4.78 is 32.9. The average Bonchev–Trinajstić information content (AvgIpc) is 2.82. The Hall–Kier alpha value is -1.36. The van der Waals surface area contributed by atoms with Crippen molar-refractivity contribution in [3.05, 3.63) is 22.8 Å². The van der Waals surface area contributed by atoms with Gasteiger partial charge < -0.3 is 16.2 Å². The molecule has 1 aromatic rings. The Morgan fingerprint density at radius 1 is 0.933 bits per heavy atom. The molecular formula is C10H10F2N2O. The average molecular weight is 212 g/mol. The van der Waals surface area contributed by atoms with E-state index in [9.17, 15) is 8.78 Å². The van der Waals surface area contributed by atoms with Gasteiger partial charge in [-0.1, -0.05) is 0 Å². The molecule has 3 rings (SSSR count). The summed E-state index contributed by atoms with van der Waals surface area (Å²) in [4.78, 5) is 0. The normalized spacial score (nSPS) is 27.1. The lowest BCUT2D eigenvalue weighted by Gasteiger charge is -2.16. The van der Waals surface area contributed by atoms with Crippen molar-refractivity contribution in [3.63, 3.8) is 0 Å². The van der Waals surface area contributed by atoms with Gasteiger partial charge in [0.05, 0.1) is 23.6 Å². The zero-order chi connectivity index (χ0) is 10.7. The maximum Gasteiger partial charge on any atom is 0.154 e. The molecule has 0 spiro atoms. The van der Waals surface area contributed by atoms with Crippen LogP contribution in [0.5, 0.6) is 0 Å². The van der Waals surface area contributed by atoms with Gasteiger partial charge in [-0.3, -0.25) is 0 Å². The Morgan fingerprint density at radius 2 is 1.33 bits per heavy atom. The fourth-order valence-corrected chi connectivity index (χ4v) is 2.45. The Bertz CT molecular complexity index is 420. The van der Waals surface area contributed by atoms with Crippen molar-refractivity contribution in [2.75, 3.05) is 11.5 Å². The molecule has 15 heavy (non-hydrogen) atoms. The first kappa shape index (κ1) is 8.91. The van der Waals surface area contributed by atoms with Gasteiger partial charge in [0.2, 0.25) is 0 Å². The number of ether oxygens (including phenoxy) is 1. The number of hydrogen-bond acceptors (Lipinski definition) is 3. The number of benzene rings is 1. The number of halogens is 2. The fraction of sp³-hybridized carbons (Fsp3) is 0.400. The van der Waals surface area contributed by atoms with Crippen LogP contribution in [0.4, 0.5) is 20.2 Å². The largest absolute Gasteiger partial charge is 0.395 e. The van der Waals surface area contributed by atoms with Gasteiger partial charge in [0.25, 0.3) is 0 Å². The van der Waals surface area contributed by atoms with E-state index in [1.54, 1.807) is 0 Å². The van der Waals surface area contributed by atoms with Gasteiger partial charge in [-0.05, 0) is 12.8 Å². The highest BCUT2D eigenvalue weighted by Crippen LogP contribution is 2.54. The Balaban J connectivity index is 2.36. The summed E-state index contributed by atoms with van der Waals surface area (Å²) in [7, 11) is 0. The maximum absolute atomic E-state index is 13.7. The predicted molar refractivity (Wildman–Crippen MR) is 51.0 cm³/mol. The van der Waals surface area contributed by atoms with E-state index in [0.717, 1.165) is 12.8 Å². The monoisotopic (exact) mass is 212 g/mol. The van der Waals surface area contributed by atoms with Gasteiger partial charge >= 0.3 is 0 Å². The van der Waals surface area contributed by atoms with Gasteiger partial charge in [0.15, 0.2) is 11.6 Å². The van der Waals surface area contributed by atoms with E-state index in [2.05, 4.69) is 0 Å². The molecule has 1 saturated heterocycles. The van der Waals surface area contributed by atoms with Gasteiger partial charge in [-0.15, -0.1) is 0 Å². The summed E-state index contributed by atoms with van der Waals surface area (Å²) in [5.41, 5.74) is 10.7. The van der Waals surface area contributed by atoms with Crippen LogP contribution in [0.2, 0.25) is 0 Å². The number of nitrogen functional groups attached to an aromatic ring is 2. The zero-order valence-corrected chi connectivity index (χ0v) is 7.89. The third-order valence-electron chi connectivity index (χ3n) is 3.19. The summed E-state index contributed by atoms with van der Waals surface area (Å²) in [6, 6.07) is 0. The molecule has 2 heterocycles. The maximum atomic E-state index is 13.7. The second kappa shape index (κ2) is 2.61. The molecule has 0 aliphatic carbocycles. The highest BCUT2D eigenvalue weighted by atomic mass is 19.1. The quantitative estimate of drug-likeness (QED) is 0.647. The lowest BCUT2D eigenvalue weighted by atomic mass is 9.89. The van der Waals surface area contributed by atoms with E-state index < -0.39 is 11.6 Å². The number of anilines is 2. The van der Waals surface area contributed by atoms with Crippen LogP contribution in [0.1, 0.15) is 36.2 Å². The molecule has 4 N–H and O–H groups in total. The Morgan fingerprint density at radius 3 is 1.73 bits per heavy atom. The fourth-order valence-electron chi connectivity index (χ4n) is 2.45. The van der Waals surface area contributed by atoms with Crippen LogP contribution in [0.25, 0.3) is 0 Å². The first-order chi connectivity index (χ1) is 7.11. The van der Waals surface area contributed by atoms with Crippen LogP contribution in [-0.4, -0.2) is 0 Å². The highest BCUT2D eigenvalue weighted by Gasteiger charge is 2.43. The van der Waals surface area contributed by atoms with Crippen molar-refractivity contribution in [3.8, 4) is 0 Å². The van der Waals surface area contributed by atoms with Crippen LogP contribution in [0, 0.1) is 11.6 Å². The number of hydrogen-bond donors (Lipinski definition) is 2. The second-order valence-corrected chi connectivity index (χ2v) is 3.97. The number of rotatable bonds is 0. The van der Waals surface area contributed by atoms with Crippen molar-refractivity contribution in [2.45, 2.75) is 25.0 Å². The summed E-state index contributed by atoms with van der Waals surface area (Å²) in [5, 5.41) is 0. The van der Waals surface area contributed by atoms with Crippen LogP contribution in [-0.2, 0) is 4.74 Å². The highest BCUT2D eigenvalue weighted by molar-refractivity contribution is 5.69. The van der Waals surface area contributed by atoms with Crippen molar-refractivity contribution in [1.82, 2.24) is 0 Å². The minimum Gasteiger partial charge on any atom is -0.395 e. The Kier molecular flexibility index (Phi) is 1.55. The van der Waals surface area contributed by atoms with Gasteiger partial charge in [0, 0.05) is 11.1 Å². The molecule has 2 aliphatic rings. The summed E-state index contributed by atoms with van der Waals surface area (Å²) in [5.74, 6) is -1.23. The summed E-state index contributed by atoms with van der Waals surface area (Å²) >= 11 is 0. The van der Waals surface area contributed by atoms with Crippen LogP contribution >= 0.6 is 0 Å². The minimum atomic E-state index is -0.615. The Labute approximate surface area is 85.0 Å². The topological polar surface area (TPSA) is 61.3 Å². The molecule has 2 unspecified atom stereocenters. The smallest absolute Gasteiger partial charge is 0.154 e. The molecule has 0 saturated carbocycles. The van der Waals surface area contributed by atoms with Crippen LogP contribution < -0.4 is 11.5 Å². The standard InChI is InChI=1S/C10H10F2N2O/c11-7-5-3-1-2-4(15-3)6(5)8(12)10(14)9(7)13/h3-4H,1-2,13-14H2. The van der Waals surface area contributed by atoms with E-state index in [4.69, 9.17) is 16.2 Å². The lowest BCUT2D eigenvalue weighted by Crippen LogP contribution is -2.11. The zero-order valence-electron chi connectivity index (χ0n) is 7.89. The number of nitrogens with two attached hydrogens (primary N) is 2. The van der Waals surface area contributed by atoms with Gasteiger partial charge in [-0.25, -0.2) is 8.78 Å². The number of fused-ring (bicyclic) bond motifs is 5. The lowest BCUT2D eigenvalue weighted by molar-refractivity contribution is 0.0695. The molecule has 80 valence electrons. The van der Waals surface area contributed by atoms with Crippen molar-refractivity contribution in [2.24, 2.45) is 0 Å². The molecule has 0 amide bonds. The van der Waals surface area contributed by atoms with Gasteiger partial charge in [0.1, 0.15) is 0 Å². The van der Waals surface area contributed by atoms with Crippen molar-refractivity contribution >= 4 is 11.4 Å². The van der Waals surface area contributed by atoms with Crippen molar-refractivity contribution < 1.29 is 13.5 Å². The molecule has 2 bridgehead atoms. The second-order valence-electron chi connectivity index (χ2n) is 3.97. The van der Waals surface area contributed by atoms with E-state index in [1.165, 1.54) is 0 Å². The first-order valence-electron chi connectivity index (χ1n) is 4.82. The molecule has 1 aromatic carbocycles. The molecule has 0 radical (unpaired) electrons. The first-order valence-corrected chi connectivity index (χ1v) is 4.82. The minimum absolute atomic E-state index is 0.274. The molecule has 2 aliphatic heterocycles. The van der Waals surface area contributed by atoms with Crippen LogP contribution in [0.3, 0.4) is 0 Å². The molecule has 1 fully saturated rings. The predicted octanol–water partition coefficient (Wildman–Crippen LogP) is 2.04. The molecule has 5 heteroatoms. The molecular weight excluding hydrogens is 202 g/mol. The molecule has 2 atom stereocenters. The van der Waals surface area contributed by atoms with E-state index in [-0.39, 0.29) is 34.7 Å². The SMILES string of the molecule is Nc1c(N)c(F)c2c(c1F)C1CCC2O1. The summed E-state index contributed by atoms with van der Waals surface area (Å²) in [6.07, 6.45) is 0.749. The van der Waals surface area contributed by atoms with E-state index in [0.29, 0.717) is 0 Å². The van der Waals surface area contributed by atoms with Crippen molar-refractivity contribution in [1.29, 1.82) is 0 Å². The molecule has 0 aromatic heterocycles. The summed E-state index contributed by atoms with van der Waals surface area (Å²) in [6.45, 7) is 0. The van der Waals surface area contributed by atoms with Gasteiger partial charge in [-0.2, -0.15) is 0 Å². The van der Waals surface area contributed by atoms with Crippen LogP contribution in [0.15, 0.2) is 0 Å².